The molecule has 0 bridgehead atoms. The smallest absolute Gasteiger partial charge is 0.161 e. The summed E-state index contributed by atoms with van der Waals surface area (Å²) in [6, 6.07) is 71.3. The van der Waals surface area contributed by atoms with Crippen molar-refractivity contribution in [2.75, 3.05) is 71.0 Å². The molecular weight excluding hydrogens is 1600 g/mol. The highest BCUT2D eigenvalue weighted by Crippen LogP contribution is 2.60. The molecule has 7 nitrogen and oxygen atoms in total. The van der Waals surface area contributed by atoms with Gasteiger partial charge in [0.05, 0.1) is 63.7 Å². The van der Waals surface area contributed by atoms with Gasteiger partial charge in [0, 0.05) is 41.1 Å². The van der Waals surface area contributed by atoms with E-state index < -0.39 is 16.2 Å². The quantitative estimate of drug-likeness (QED) is 0.0342. The number of hydrogen-bond acceptors (Lipinski definition) is 7. The van der Waals surface area contributed by atoms with E-state index in [1.165, 1.54) is 95.8 Å². The Morgan fingerprint density at radius 3 is 1.15 bits per heavy atom. The van der Waals surface area contributed by atoms with Crippen LogP contribution in [-0.4, -0.2) is 66.1 Å². The molecule has 131 heavy (non-hydrogen) atoms. The molecule has 0 saturated carbocycles. The van der Waals surface area contributed by atoms with E-state index in [1.807, 2.05) is 6.92 Å². The number of nitrogens with zero attached hydrogens (tertiary/aromatic N) is 1. The molecule has 0 amide bonds. The van der Waals surface area contributed by atoms with E-state index in [-0.39, 0.29) is 10.8 Å². The molecule has 2 unspecified atom stereocenters. The van der Waals surface area contributed by atoms with Crippen LogP contribution in [0, 0.1) is 210 Å². The van der Waals surface area contributed by atoms with Crippen LogP contribution in [0.25, 0.3) is 33.4 Å². The number of rotatable bonds is 29. The molecule has 0 aromatic heterocycles. The highest BCUT2D eigenvalue weighted by atomic mass is 16.5. The Hall–Kier alpha value is -13.8. The van der Waals surface area contributed by atoms with Crippen molar-refractivity contribution < 1.29 is 28.4 Å². The summed E-state index contributed by atoms with van der Waals surface area (Å²) < 4.78 is 36.4. The lowest BCUT2D eigenvalue weighted by Crippen LogP contribution is -2.45. The molecule has 2 saturated heterocycles. The van der Waals surface area contributed by atoms with Gasteiger partial charge in [0.25, 0.3) is 0 Å². The molecular formula is C124H117NO6. The van der Waals surface area contributed by atoms with E-state index in [9.17, 15) is 0 Å². The molecule has 2 aliphatic heterocycles. The summed E-state index contributed by atoms with van der Waals surface area (Å²) in [5.74, 6) is 60.2. The molecule has 15 rings (SSSR count). The zero-order valence-electron chi connectivity index (χ0n) is 78.5. The van der Waals surface area contributed by atoms with E-state index >= 15 is 0 Å². The highest BCUT2D eigenvalue weighted by Gasteiger charge is 2.49. The third-order valence-electron chi connectivity index (χ3n) is 26.1. The van der Waals surface area contributed by atoms with E-state index in [4.69, 9.17) is 47.7 Å². The number of benzene rings is 10. The molecule has 10 aromatic carbocycles. The Bertz CT molecular complexity index is 6450. The standard InChI is InChI=1S/C53H70O6.C47H20.C24H27N/c1-7-51(35-56-36-51)33-54-25-13-9-11-15-27-58-49-24-21-43(32-50(49)59-28-16-12-10-14-26-55-34-52(8-2)37-57-38-52)53(46-29-39(3)17-20-42(46)6)47-30-40(4)18-22-44(47)45-23-19-41(5)31-48(45)53;1-7-10-13-16-19-22-29-46(6)42-32-36(4)25-27-38(42)40-35-45-41(34-43(40)46)39-28-26-37(5)33-44(39)47(45,30-23-20-17-14-11-8-2)31-24-21-18-15-12-9-3;1-5-20(4)21-10-16-24(17-11-21)25(22-12-6-18(2)7-13-22)23-14-8-19(3)9-15-23/h17-24,29-32H,7-16,25-28,33-38H2,1-6H3;1-3,25-28,32-35H,4-6H3;6-17,20H,5H2,1-4H3. The maximum absolute atomic E-state index is 6.78. The lowest BCUT2D eigenvalue weighted by molar-refractivity contribution is -0.150. The number of anilines is 3. The van der Waals surface area contributed by atoms with Crippen LogP contribution < -0.4 is 14.4 Å². The second-order valence-corrected chi connectivity index (χ2v) is 35.7. The minimum Gasteiger partial charge on any atom is -0.490 e. The second-order valence-electron chi connectivity index (χ2n) is 35.7. The van der Waals surface area contributed by atoms with Crippen molar-refractivity contribution in [1.82, 2.24) is 0 Å². The maximum atomic E-state index is 6.78. The molecule has 2 fully saturated rings. The van der Waals surface area contributed by atoms with Gasteiger partial charge in [0.2, 0.25) is 0 Å². The molecule has 2 atom stereocenters. The lowest BCUT2D eigenvalue weighted by atomic mass is 9.66. The average Bonchev–Trinajstić information content (AvgIpc) is 1.54. The number of fused-ring (bicyclic) bond motifs is 9. The van der Waals surface area contributed by atoms with Crippen LogP contribution in [0.15, 0.2) is 194 Å². The van der Waals surface area contributed by atoms with E-state index in [2.05, 4.69) is 406 Å². The molecule has 7 heteroatoms. The fourth-order valence-corrected chi connectivity index (χ4v) is 18.1. The van der Waals surface area contributed by atoms with Crippen LogP contribution >= 0.6 is 0 Å². The van der Waals surface area contributed by atoms with Crippen molar-refractivity contribution in [3.8, 4) is 188 Å². The van der Waals surface area contributed by atoms with Crippen LogP contribution in [0.4, 0.5) is 17.1 Å². The van der Waals surface area contributed by atoms with Gasteiger partial charge in [-0.1, -0.05) is 231 Å². The predicted molar refractivity (Wildman–Crippen MR) is 539 cm³/mol. The van der Waals surface area contributed by atoms with Gasteiger partial charge in [0.1, 0.15) is 5.41 Å². The van der Waals surface area contributed by atoms with Crippen molar-refractivity contribution in [2.24, 2.45) is 10.8 Å². The summed E-state index contributed by atoms with van der Waals surface area (Å²) in [5.41, 5.74) is 29.1. The number of unbranched alkanes of at least 4 members (excludes halogenated alkanes) is 6. The molecule has 2 heterocycles. The molecule has 0 radical (unpaired) electrons. The van der Waals surface area contributed by atoms with E-state index in [0.717, 1.165) is 184 Å². The van der Waals surface area contributed by atoms with Crippen molar-refractivity contribution in [3.05, 3.63) is 289 Å². The normalized spacial score (nSPS) is 14.7. The number of aryl methyl sites for hydroxylation is 8. The fourth-order valence-electron chi connectivity index (χ4n) is 18.1. The Morgan fingerprint density at radius 2 is 0.702 bits per heavy atom. The Kier molecular flexibility index (Phi) is 32.2. The van der Waals surface area contributed by atoms with E-state index in [1.54, 1.807) is 0 Å². The molecule has 0 N–H and O–H groups in total. The van der Waals surface area contributed by atoms with Crippen LogP contribution in [0.3, 0.4) is 0 Å². The molecule has 654 valence electrons. The monoisotopic (exact) mass is 1720 g/mol. The first-order chi connectivity index (χ1) is 63.7. The highest BCUT2D eigenvalue weighted by molar-refractivity contribution is 5.94. The second kappa shape index (κ2) is 44.5. The molecule has 5 aliphatic rings. The summed E-state index contributed by atoms with van der Waals surface area (Å²) in [6.45, 7) is 36.3. The average molecular weight is 1720 g/mol. The summed E-state index contributed by atoms with van der Waals surface area (Å²) in [5, 5.41) is 0. The third kappa shape index (κ3) is 21.9. The molecule has 0 spiro atoms. The predicted octanol–water partition coefficient (Wildman–Crippen LogP) is 25.1. The SMILES string of the molecule is C#CC#CC#CC#CC1(C)c2cc(C)ccc2-c2cc3c(cc21)-c1ccc(C)cc1C3(C#CC#CC#CC#C)C#CC#CC#CC#C.CCC(C)c1ccc(N(c2ccc(C)cc2)c2ccc(C)cc2)cc1.CCC1(COCCCCCCOc2ccc(C3(c4cc(C)ccc4C)c4cc(C)ccc4-c4ccc(C)cc43)cc2OCCCCCCOCC2(CC)COC2)COC1. The van der Waals surface area contributed by atoms with Gasteiger partial charge in [-0.15, -0.1) is 19.3 Å². The first-order valence-corrected chi connectivity index (χ1v) is 46.1. The largest absolute Gasteiger partial charge is 0.490 e. The van der Waals surface area contributed by atoms with Gasteiger partial charge >= 0.3 is 0 Å². The van der Waals surface area contributed by atoms with Gasteiger partial charge in [-0.2, -0.15) is 0 Å². The lowest BCUT2D eigenvalue weighted by Gasteiger charge is -2.40. The van der Waals surface area contributed by atoms with Crippen molar-refractivity contribution in [2.45, 2.75) is 183 Å². The first kappa shape index (κ1) is 94.8. The Balaban J connectivity index is 0.000000180. The minimum absolute atomic E-state index is 0.248. The Morgan fingerprint density at radius 1 is 0.344 bits per heavy atom. The first-order valence-electron chi connectivity index (χ1n) is 46.1. The van der Waals surface area contributed by atoms with Crippen LogP contribution in [0.2, 0.25) is 0 Å². The number of terminal acetylenes is 3. The minimum atomic E-state index is -1.05. The topological polar surface area (TPSA) is 58.6 Å². The van der Waals surface area contributed by atoms with Crippen molar-refractivity contribution >= 4 is 17.1 Å². The van der Waals surface area contributed by atoms with Crippen molar-refractivity contribution in [3.63, 3.8) is 0 Å². The maximum Gasteiger partial charge on any atom is 0.161 e. The molecule has 10 aromatic rings. The van der Waals surface area contributed by atoms with E-state index in [0.29, 0.717) is 19.1 Å². The zero-order chi connectivity index (χ0) is 92.4. The van der Waals surface area contributed by atoms with Gasteiger partial charge in [-0.25, -0.2) is 0 Å². The summed E-state index contributed by atoms with van der Waals surface area (Å²) in [7, 11) is 0. The van der Waals surface area contributed by atoms with Crippen LogP contribution in [-0.2, 0) is 35.2 Å². The number of ether oxygens (including phenoxy) is 6. The molecule has 3 aliphatic carbocycles. The fraction of sp³-hybridized carbons (Fsp3) is 0.323. The van der Waals surface area contributed by atoms with Gasteiger partial charge < -0.3 is 33.3 Å². The summed E-state index contributed by atoms with van der Waals surface area (Å²) in [4.78, 5) is 2.32. The van der Waals surface area contributed by atoms with Gasteiger partial charge in [-0.05, 0) is 382 Å². The Labute approximate surface area is 782 Å². The van der Waals surface area contributed by atoms with Crippen LogP contribution in [0.1, 0.15) is 206 Å². The summed E-state index contributed by atoms with van der Waals surface area (Å²) in [6.07, 6.45) is 27.7. The van der Waals surface area contributed by atoms with Gasteiger partial charge in [0.15, 0.2) is 11.5 Å². The zero-order valence-corrected chi connectivity index (χ0v) is 78.5. The summed E-state index contributed by atoms with van der Waals surface area (Å²) >= 11 is 0. The van der Waals surface area contributed by atoms with Crippen LogP contribution in [0.5, 0.6) is 11.5 Å². The van der Waals surface area contributed by atoms with Gasteiger partial charge in [-0.3, -0.25) is 0 Å². The third-order valence-corrected chi connectivity index (χ3v) is 26.1. The van der Waals surface area contributed by atoms with Crippen molar-refractivity contribution in [1.29, 1.82) is 0 Å². The number of hydrogen-bond donors (Lipinski definition) is 0.